The van der Waals surface area contributed by atoms with Gasteiger partial charge in [-0.2, -0.15) is 8.78 Å². The molecule has 21 heavy (non-hydrogen) atoms. The van der Waals surface area contributed by atoms with Gasteiger partial charge in [-0.1, -0.05) is 36.4 Å². The molecule has 0 atom stereocenters. The van der Waals surface area contributed by atoms with Crippen LogP contribution in [0.4, 0.5) is 18.9 Å². The van der Waals surface area contributed by atoms with E-state index in [1.54, 1.807) is 48.6 Å². The number of anilines is 1. The number of nitrogens with one attached hydrogen (secondary N) is 1. The number of carbonyl (C=O) groups is 1. The Kier molecular flexibility index (Phi) is 4.31. The third-order valence-corrected chi connectivity index (χ3v) is 2.94. The van der Waals surface area contributed by atoms with Crippen molar-refractivity contribution < 1.29 is 18.0 Å². The molecule has 0 unspecified atom stereocenters. The summed E-state index contributed by atoms with van der Waals surface area (Å²) in [5.41, 5.74) is 1.08. The zero-order valence-electron chi connectivity index (χ0n) is 11.4. The molecule has 2 aromatic carbocycles. The van der Waals surface area contributed by atoms with E-state index in [1.807, 2.05) is 0 Å². The molecule has 0 heterocycles. The van der Waals surface area contributed by atoms with E-state index < -0.39 is 18.5 Å². The van der Waals surface area contributed by atoms with Crippen molar-refractivity contribution in [3.8, 4) is 0 Å². The largest absolute Gasteiger partial charge is 0.351 e. The number of benzene rings is 2. The van der Waals surface area contributed by atoms with Gasteiger partial charge in [0.25, 0.3) is 0 Å². The number of alkyl halides is 3. The van der Waals surface area contributed by atoms with Crippen LogP contribution in [-0.2, 0) is 0 Å². The zero-order chi connectivity index (χ0) is 15.5. The summed E-state index contributed by atoms with van der Waals surface area (Å²) in [5, 5.41) is 1.80. The first kappa shape index (κ1) is 15.1. The van der Waals surface area contributed by atoms with Gasteiger partial charge >= 0.3 is 6.05 Å². The monoisotopic (exact) mass is 293 g/mol. The molecule has 5 heteroatoms. The molecule has 2 aromatic rings. The van der Waals surface area contributed by atoms with Crippen molar-refractivity contribution in [3.05, 3.63) is 65.2 Å². The van der Waals surface area contributed by atoms with Gasteiger partial charge < -0.3 is 5.32 Å². The molecular formula is C16H14F3NO. The van der Waals surface area contributed by atoms with Gasteiger partial charge in [-0.15, -0.1) is 0 Å². The number of ketones is 1. The molecule has 0 saturated carbocycles. The summed E-state index contributed by atoms with van der Waals surface area (Å²) in [6, 6.07) is 9.12. The molecule has 0 aromatic heterocycles. The molecule has 0 spiro atoms. The van der Waals surface area contributed by atoms with E-state index in [2.05, 4.69) is 0 Å². The van der Waals surface area contributed by atoms with Gasteiger partial charge in [-0.3, -0.25) is 4.79 Å². The fourth-order valence-electron chi connectivity index (χ4n) is 1.93. The van der Waals surface area contributed by atoms with E-state index in [4.69, 9.17) is 0 Å². The minimum atomic E-state index is -3.71. The fraction of sp³-hybridized carbons (Fsp3) is 0.188. The topological polar surface area (TPSA) is 29.1 Å². The summed E-state index contributed by atoms with van der Waals surface area (Å²) in [7, 11) is 0. The Morgan fingerprint density at radius 1 is 1.14 bits per heavy atom. The first-order chi connectivity index (χ1) is 9.93. The normalized spacial score (nSPS) is 11.2. The number of aryl methyl sites for hydroxylation is 1. The number of rotatable bonds is 5. The average molecular weight is 293 g/mol. The Labute approximate surface area is 120 Å². The molecule has 0 fully saturated rings. The molecule has 0 aliphatic carbocycles. The second-order valence-electron chi connectivity index (χ2n) is 4.71. The van der Waals surface area contributed by atoms with Crippen LogP contribution in [0.3, 0.4) is 0 Å². The maximum Gasteiger partial charge on any atom is 0.351 e. The number of hydrogen-bond donors (Lipinski definition) is 1. The van der Waals surface area contributed by atoms with Gasteiger partial charge in [0.05, 0.1) is 5.69 Å². The number of hydrogen-bond acceptors (Lipinski definition) is 2. The van der Waals surface area contributed by atoms with Crippen molar-refractivity contribution in [1.82, 2.24) is 0 Å². The summed E-state index contributed by atoms with van der Waals surface area (Å²) in [4.78, 5) is 12.4. The van der Waals surface area contributed by atoms with Crippen molar-refractivity contribution >= 4 is 11.5 Å². The van der Waals surface area contributed by atoms with E-state index in [0.717, 1.165) is 0 Å². The van der Waals surface area contributed by atoms with Crippen LogP contribution in [0.1, 0.15) is 21.5 Å². The molecule has 1 N–H and O–H groups in total. The number of carbonyl (C=O) groups excluding carboxylic acids is 1. The number of halogens is 3. The first-order valence-corrected chi connectivity index (χ1v) is 6.35. The fourth-order valence-corrected chi connectivity index (χ4v) is 1.93. The van der Waals surface area contributed by atoms with Crippen LogP contribution in [0.2, 0.25) is 0 Å². The lowest BCUT2D eigenvalue weighted by Crippen LogP contribution is -2.30. The molecule has 2 rings (SSSR count). The maximum atomic E-state index is 13.2. The average Bonchev–Trinajstić information content (AvgIpc) is 2.47. The van der Waals surface area contributed by atoms with Gasteiger partial charge in [0.2, 0.25) is 0 Å². The van der Waals surface area contributed by atoms with E-state index in [0.29, 0.717) is 11.1 Å². The molecule has 2 nitrogen and oxygen atoms in total. The maximum absolute atomic E-state index is 13.2. The lowest BCUT2D eigenvalue weighted by molar-refractivity contribution is 0.00680. The molecular weight excluding hydrogens is 279 g/mol. The highest BCUT2D eigenvalue weighted by Gasteiger charge is 2.30. The van der Waals surface area contributed by atoms with Crippen LogP contribution >= 0.6 is 0 Å². The van der Waals surface area contributed by atoms with Gasteiger partial charge in [-0.25, -0.2) is 4.39 Å². The van der Waals surface area contributed by atoms with Crippen molar-refractivity contribution in [2.45, 2.75) is 13.0 Å². The highest BCUT2D eigenvalue weighted by atomic mass is 19.3. The van der Waals surface area contributed by atoms with Crippen LogP contribution in [0.15, 0.2) is 48.5 Å². The van der Waals surface area contributed by atoms with Crippen LogP contribution in [0, 0.1) is 6.92 Å². The Morgan fingerprint density at radius 3 is 2.43 bits per heavy atom. The molecule has 0 bridgehead atoms. The van der Waals surface area contributed by atoms with Crippen molar-refractivity contribution in [2.24, 2.45) is 0 Å². The van der Waals surface area contributed by atoms with E-state index in [9.17, 15) is 18.0 Å². The SMILES string of the molecule is Cc1ccc(C(=O)c2ccccc2)c(NC(F)(F)CF)c1. The van der Waals surface area contributed by atoms with Crippen molar-refractivity contribution in [1.29, 1.82) is 0 Å². The van der Waals surface area contributed by atoms with Crippen LogP contribution in [0.25, 0.3) is 0 Å². The van der Waals surface area contributed by atoms with E-state index in [1.165, 1.54) is 12.1 Å². The second-order valence-corrected chi connectivity index (χ2v) is 4.71. The van der Waals surface area contributed by atoms with Crippen LogP contribution in [-0.4, -0.2) is 18.5 Å². The molecule has 110 valence electrons. The second kappa shape index (κ2) is 5.99. The lowest BCUT2D eigenvalue weighted by Gasteiger charge is -2.18. The summed E-state index contributed by atoms with van der Waals surface area (Å²) >= 11 is 0. The molecule has 0 amide bonds. The Hall–Kier alpha value is -2.30. The zero-order valence-corrected chi connectivity index (χ0v) is 11.4. The van der Waals surface area contributed by atoms with Gasteiger partial charge in [0.1, 0.15) is 0 Å². The Morgan fingerprint density at radius 2 is 1.81 bits per heavy atom. The van der Waals surface area contributed by atoms with Crippen molar-refractivity contribution in [2.75, 3.05) is 12.0 Å². The quantitative estimate of drug-likeness (QED) is 0.661. The molecule has 0 aliphatic rings. The predicted molar refractivity (Wildman–Crippen MR) is 75.6 cm³/mol. The summed E-state index contributed by atoms with van der Waals surface area (Å²) in [6.07, 6.45) is 0. The standard InChI is InChI=1S/C16H14F3NO/c1-11-7-8-13(14(9-11)20-16(18,19)10-17)15(21)12-5-3-2-4-6-12/h2-9,20H,10H2,1H3. The molecule has 0 aliphatic heterocycles. The van der Waals surface area contributed by atoms with Gasteiger partial charge in [0, 0.05) is 11.1 Å². The Balaban J connectivity index is 2.42. The predicted octanol–water partition coefficient (Wildman–Crippen LogP) is 4.20. The molecule has 0 saturated heterocycles. The van der Waals surface area contributed by atoms with Gasteiger partial charge in [0.15, 0.2) is 12.5 Å². The van der Waals surface area contributed by atoms with E-state index in [-0.39, 0.29) is 11.3 Å². The highest BCUT2D eigenvalue weighted by molar-refractivity contribution is 6.12. The van der Waals surface area contributed by atoms with E-state index >= 15 is 0 Å². The third-order valence-electron chi connectivity index (χ3n) is 2.94. The minimum Gasteiger partial charge on any atom is -0.324 e. The van der Waals surface area contributed by atoms with Crippen LogP contribution in [0.5, 0.6) is 0 Å². The highest BCUT2D eigenvalue weighted by Crippen LogP contribution is 2.26. The lowest BCUT2D eigenvalue weighted by atomic mass is 10.00. The minimum absolute atomic E-state index is 0.0773. The van der Waals surface area contributed by atoms with Crippen LogP contribution < -0.4 is 5.32 Å². The first-order valence-electron chi connectivity index (χ1n) is 6.35. The van der Waals surface area contributed by atoms with Crippen molar-refractivity contribution in [3.63, 3.8) is 0 Å². The summed E-state index contributed by atoms with van der Waals surface area (Å²) in [5.74, 6) is -0.396. The summed E-state index contributed by atoms with van der Waals surface area (Å²) in [6.45, 7) is -0.143. The molecule has 0 radical (unpaired) electrons. The van der Waals surface area contributed by atoms with Gasteiger partial charge in [-0.05, 0) is 24.6 Å². The Bertz CT molecular complexity index is 641. The summed E-state index contributed by atoms with van der Waals surface area (Å²) < 4.78 is 38.8. The third kappa shape index (κ3) is 3.62. The smallest absolute Gasteiger partial charge is 0.324 e.